The van der Waals surface area contributed by atoms with Crippen LogP contribution in [0.2, 0.25) is 0 Å². The third kappa shape index (κ3) is 29.8. The Bertz CT molecular complexity index is 2420. The van der Waals surface area contributed by atoms with E-state index in [0.717, 1.165) is 0 Å². The molecule has 0 saturated heterocycles. The van der Waals surface area contributed by atoms with Gasteiger partial charge in [-0.1, -0.05) is 0 Å². The second kappa shape index (κ2) is 39.4. The van der Waals surface area contributed by atoms with E-state index in [1.165, 1.54) is 0 Å². The number of phenols is 2. The van der Waals surface area contributed by atoms with Crippen molar-refractivity contribution in [3.05, 3.63) is 0 Å². The summed E-state index contributed by atoms with van der Waals surface area (Å²) in [4.78, 5) is 196. The number of thioether (sulfide) groups is 4. The number of carboxylic acid groups (broad SMARTS) is 8. The predicted octanol–water partition coefficient (Wildman–Crippen LogP) is -7.02. The van der Waals surface area contributed by atoms with Gasteiger partial charge in [-0.2, -0.15) is 0 Å². The van der Waals surface area contributed by atoms with Crippen molar-refractivity contribution in [3.63, 3.8) is 0 Å². The van der Waals surface area contributed by atoms with Gasteiger partial charge in [-0.05, 0) is 25.7 Å². The third-order valence-electron chi connectivity index (χ3n) is 11.1. The van der Waals surface area contributed by atoms with Crippen LogP contribution in [0, 0.1) is 0 Å². The summed E-state index contributed by atoms with van der Waals surface area (Å²) in [5.41, 5.74) is 22.1. The number of carbonyl (C=O) groups excluding carboxylic acids is 8. The second-order valence-corrected chi connectivity index (χ2v) is 22.2. The minimum atomic E-state index is -1.86. The monoisotopic (exact) mass is 1330 g/mol. The van der Waals surface area contributed by atoms with Crippen LogP contribution in [0.15, 0.2) is 19.6 Å². The predicted molar refractivity (Wildman–Crippen MR) is 302 cm³/mol. The first-order valence-corrected chi connectivity index (χ1v) is 29.2. The van der Waals surface area contributed by atoms with E-state index in [4.69, 9.17) is 22.9 Å². The maximum atomic E-state index is 13.6. The molecule has 88 heavy (non-hydrogen) atoms. The van der Waals surface area contributed by atoms with E-state index in [-0.39, 0.29) is 0 Å². The highest BCUT2D eigenvalue weighted by Crippen LogP contribution is 2.54. The fourth-order valence-electron chi connectivity index (χ4n) is 6.42. The number of hydrogen-bond donors (Lipinski definition) is 22. The van der Waals surface area contributed by atoms with E-state index in [0.29, 0.717) is 47.0 Å². The first-order valence-electron chi connectivity index (χ1n) is 25.3. The molecule has 0 unspecified atom stereocenters. The molecule has 0 saturated carbocycles. The molecule has 8 atom stereocenters. The van der Waals surface area contributed by atoms with Crippen molar-refractivity contribution in [2.24, 2.45) is 22.9 Å². The van der Waals surface area contributed by atoms with Gasteiger partial charge in [0, 0.05) is 48.7 Å². The number of phenolic OH excluding ortho intramolecular Hbond substituents is 2. The van der Waals surface area contributed by atoms with E-state index in [9.17, 15) is 128 Å². The summed E-state index contributed by atoms with van der Waals surface area (Å²) in [6.45, 7) is -4.24. The number of nitrogens with one attached hydrogen (secondary N) is 8. The summed E-state index contributed by atoms with van der Waals surface area (Å²) < 4.78 is 0. The molecule has 8 amide bonds. The molecule has 42 heteroatoms. The molecule has 1 aromatic rings. The lowest BCUT2D eigenvalue weighted by atomic mass is 10.1. The lowest BCUT2D eigenvalue weighted by molar-refractivity contribution is -0.140. The van der Waals surface area contributed by atoms with Gasteiger partial charge in [0.05, 0.1) is 19.6 Å². The van der Waals surface area contributed by atoms with Gasteiger partial charge in [-0.15, -0.1) is 47.0 Å². The highest BCUT2D eigenvalue weighted by atomic mass is 32.2. The summed E-state index contributed by atoms with van der Waals surface area (Å²) in [5, 5.41) is 116. The van der Waals surface area contributed by atoms with Crippen LogP contribution in [0.1, 0.15) is 51.4 Å². The number of rotatable bonds is 44. The van der Waals surface area contributed by atoms with Crippen molar-refractivity contribution in [2.75, 3.05) is 49.2 Å². The van der Waals surface area contributed by atoms with E-state index < -0.39 is 275 Å². The molecule has 0 spiro atoms. The quantitative estimate of drug-likeness (QED) is 0.0213. The number of nitrogens with two attached hydrogens (primary N) is 4. The Morgan fingerprint density at radius 1 is 0.318 bits per heavy atom. The van der Waals surface area contributed by atoms with Gasteiger partial charge in [0.1, 0.15) is 86.0 Å². The maximum Gasteiger partial charge on any atom is 0.322 e. The van der Waals surface area contributed by atoms with Gasteiger partial charge >= 0.3 is 47.8 Å². The molecule has 0 aliphatic rings. The zero-order valence-electron chi connectivity index (χ0n) is 45.9. The topological polar surface area (TPSA) is 676 Å². The van der Waals surface area contributed by atoms with E-state index in [2.05, 4.69) is 21.3 Å². The first-order chi connectivity index (χ1) is 41.1. The van der Waals surface area contributed by atoms with Crippen LogP contribution >= 0.6 is 47.0 Å². The Kier molecular flexibility index (Phi) is 34.7. The van der Waals surface area contributed by atoms with Crippen LogP contribution in [0.5, 0.6) is 11.5 Å². The highest BCUT2D eigenvalue weighted by Gasteiger charge is 2.34. The SMILES string of the molecule is N[C@@H](CCC(=O)N[C@H](CSc1c(O)c(SC[C@@H](NC(=O)CC[C@H](N)C(=O)O)C(=O)NCC(=O)O)c(SC[C@@H](NC(=O)CC[C@H](N)C(=O)O)C(=O)NCC(=O)O)c(O)c1SC[C@@H](NC(=O)CC[C@H](N)C(=O)O)C(=O)NCC(=O)O)C(=O)NCC(=O)O)C(=O)O. The Morgan fingerprint density at radius 2 is 0.489 bits per heavy atom. The molecule has 0 aliphatic carbocycles. The van der Waals surface area contributed by atoms with Crippen molar-refractivity contribution in [1.29, 1.82) is 0 Å². The zero-order valence-corrected chi connectivity index (χ0v) is 49.1. The third-order valence-corrected chi connectivity index (χ3v) is 16.1. The molecule has 1 rings (SSSR count). The highest BCUT2D eigenvalue weighted by molar-refractivity contribution is 8.03. The number of amides is 8. The fourth-order valence-corrected chi connectivity index (χ4v) is 11.4. The maximum absolute atomic E-state index is 13.6. The van der Waals surface area contributed by atoms with Crippen LogP contribution in [-0.4, -0.2) is 244 Å². The van der Waals surface area contributed by atoms with Gasteiger partial charge in [-0.25, -0.2) is 0 Å². The van der Waals surface area contributed by atoms with Crippen molar-refractivity contribution in [1.82, 2.24) is 42.5 Å². The Morgan fingerprint density at radius 3 is 0.636 bits per heavy atom. The lowest BCUT2D eigenvalue weighted by Gasteiger charge is -2.25. The standard InChI is InChI=1S/C46H66N12O26S4/c47-17(43(77)78)1-5-25(59)55-21(39(73)51-9-29(63)64)13-85-35-33(71)37(87-15-23(41(75)53-11-31(67)68)57-27(61)7-3-19(49)45(81)82)38(88-16-24(42(76)54-12-32(69)70)58-28(62)8-4-20(50)46(83)84)34(72)36(35)86-14-22(40(74)52-10-30(65)66)56-26(60)6-2-18(48)44(79)80/h17-24,71-72H,1-16,47-50H2,(H,51,73)(H,52,74)(H,53,75)(H,54,76)(H,55,59)(H,56,60)(H,57,61)(H,58,62)(H,63,64)(H,65,66)(H,67,68)(H,69,70)(H,77,78)(H,79,80)(H,81,82)(H,83,84)/t17-,18-,19-,20-,21+,22+,23+,24+/m0/s1. The average molecular weight is 1330 g/mol. The van der Waals surface area contributed by atoms with Crippen LogP contribution < -0.4 is 65.5 Å². The first kappa shape index (κ1) is 77.6. The van der Waals surface area contributed by atoms with Crippen LogP contribution in [-0.2, 0) is 76.7 Å². The molecule has 1 aromatic carbocycles. The number of aliphatic carboxylic acids is 8. The largest absolute Gasteiger partial charge is 0.506 e. The smallest absolute Gasteiger partial charge is 0.322 e. The number of benzene rings is 1. The molecular weight excluding hydrogens is 1260 g/mol. The van der Waals surface area contributed by atoms with Gasteiger partial charge < -0.3 is 117 Å². The fraction of sp³-hybridized carbons (Fsp3) is 0.522. The van der Waals surface area contributed by atoms with Crippen LogP contribution in [0.3, 0.4) is 0 Å². The second-order valence-electron chi connectivity index (χ2n) is 18.1. The normalized spacial score (nSPS) is 13.6. The molecule has 0 radical (unpaired) electrons. The van der Waals surface area contributed by atoms with Crippen molar-refractivity contribution >= 4 is 142 Å². The lowest BCUT2D eigenvalue weighted by Crippen LogP contribution is -2.49. The minimum absolute atomic E-state index is 0.353. The van der Waals surface area contributed by atoms with Gasteiger partial charge in [0.25, 0.3) is 0 Å². The molecule has 38 nitrogen and oxygen atoms in total. The summed E-state index contributed by atoms with van der Waals surface area (Å²) in [6, 6.07) is -13.8. The molecular formula is C46H66N12O26S4. The summed E-state index contributed by atoms with van der Waals surface area (Å²) >= 11 is 1.41. The van der Waals surface area contributed by atoms with Gasteiger partial charge in [-0.3, -0.25) is 76.7 Å². The number of aromatic hydroxyl groups is 2. The number of carbonyl (C=O) groups is 16. The average Bonchev–Trinajstić information content (AvgIpc) is 3.65. The summed E-state index contributed by atoms with van der Waals surface area (Å²) in [7, 11) is 0. The zero-order chi connectivity index (χ0) is 67.1. The minimum Gasteiger partial charge on any atom is -0.506 e. The molecule has 0 bridgehead atoms. The van der Waals surface area contributed by atoms with Crippen LogP contribution in [0.25, 0.3) is 0 Å². The van der Waals surface area contributed by atoms with E-state index in [1.807, 2.05) is 21.3 Å². The number of carboxylic acids is 8. The Balaban J connectivity index is 4.57. The van der Waals surface area contributed by atoms with Gasteiger partial charge in [0.2, 0.25) is 47.3 Å². The van der Waals surface area contributed by atoms with Crippen LogP contribution in [0.4, 0.5) is 0 Å². The molecule has 0 aromatic heterocycles. The molecule has 490 valence electrons. The summed E-state index contributed by atoms with van der Waals surface area (Å²) in [6.07, 6.45) is -4.65. The van der Waals surface area contributed by atoms with E-state index in [1.54, 1.807) is 0 Å². The van der Waals surface area contributed by atoms with E-state index >= 15 is 0 Å². The Hall–Kier alpha value is -8.42. The molecule has 0 aliphatic heterocycles. The van der Waals surface area contributed by atoms with Gasteiger partial charge in [0.15, 0.2) is 0 Å². The van der Waals surface area contributed by atoms with Crippen molar-refractivity contribution in [3.8, 4) is 11.5 Å². The molecule has 0 heterocycles. The summed E-state index contributed by atoms with van der Waals surface area (Å²) in [5.74, 6) is -26.9. The molecule has 0 fully saturated rings. The van der Waals surface area contributed by atoms with Crippen molar-refractivity contribution < 1.29 is 128 Å². The van der Waals surface area contributed by atoms with Crippen molar-refractivity contribution in [2.45, 2.75) is 119 Å². The number of hydrogen-bond acceptors (Lipinski definition) is 26. The Labute approximate surface area is 513 Å². The molecule has 26 N–H and O–H groups in total.